The molecule has 3 aromatic rings. The van der Waals surface area contributed by atoms with Gasteiger partial charge in [-0.15, -0.1) is 5.10 Å². The first-order valence-electron chi connectivity index (χ1n) is 8.81. The SMILES string of the molecule is O=C(Cc1cccc(C(F)(F)F)c1)N1CC(n2cc(-c3ccccc3)nn2)C1. The Labute approximate surface area is 159 Å². The van der Waals surface area contributed by atoms with E-state index in [9.17, 15) is 18.0 Å². The van der Waals surface area contributed by atoms with Crippen molar-refractivity contribution in [3.63, 3.8) is 0 Å². The molecule has 4 rings (SSSR count). The van der Waals surface area contributed by atoms with E-state index in [0.29, 0.717) is 18.7 Å². The lowest BCUT2D eigenvalue weighted by atomic mass is 10.0. The molecule has 1 saturated heterocycles. The van der Waals surface area contributed by atoms with Crippen molar-refractivity contribution < 1.29 is 18.0 Å². The Kier molecular flexibility index (Phi) is 4.62. The van der Waals surface area contributed by atoms with Gasteiger partial charge in [-0.3, -0.25) is 4.79 Å². The van der Waals surface area contributed by atoms with Crippen LogP contribution in [0.3, 0.4) is 0 Å². The number of aromatic nitrogens is 3. The molecule has 1 aliphatic heterocycles. The summed E-state index contributed by atoms with van der Waals surface area (Å²) in [6.07, 6.45) is -2.62. The molecule has 1 aliphatic rings. The average Bonchev–Trinajstić information content (AvgIpc) is 3.10. The molecule has 0 spiro atoms. The minimum atomic E-state index is -4.41. The smallest absolute Gasteiger partial charge is 0.338 e. The number of carbonyl (C=O) groups is 1. The van der Waals surface area contributed by atoms with E-state index in [2.05, 4.69) is 10.3 Å². The van der Waals surface area contributed by atoms with Crippen LogP contribution in [0.25, 0.3) is 11.3 Å². The van der Waals surface area contributed by atoms with Crippen molar-refractivity contribution in [1.82, 2.24) is 19.9 Å². The van der Waals surface area contributed by atoms with Gasteiger partial charge in [-0.05, 0) is 11.6 Å². The molecule has 0 atom stereocenters. The lowest BCUT2D eigenvalue weighted by molar-refractivity contribution is -0.138. The van der Waals surface area contributed by atoms with Crippen LogP contribution < -0.4 is 0 Å². The van der Waals surface area contributed by atoms with E-state index in [-0.39, 0.29) is 18.4 Å². The first kappa shape index (κ1) is 18.2. The molecule has 8 heteroatoms. The molecule has 2 heterocycles. The predicted molar refractivity (Wildman–Crippen MR) is 96.2 cm³/mol. The zero-order chi connectivity index (χ0) is 19.7. The molecule has 1 fully saturated rings. The molecule has 0 bridgehead atoms. The number of likely N-dealkylation sites (tertiary alicyclic amines) is 1. The number of carbonyl (C=O) groups excluding carboxylic acids is 1. The third-order valence-electron chi connectivity index (χ3n) is 4.78. The van der Waals surface area contributed by atoms with Crippen LogP contribution in [0.5, 0.6) is 0 Å². The van der Waals surface area contributed by atoms with Crippen LogP contribution in [0, 0.1) is 0 Å². The van der Waals surface area contributed by atoms with Crippen molar-refractivity contribution in [3.05, 3.63) is 71.9 Å². The van der Waals surface area contributed by atoms with Crippen molar-refractivity contribution in [2.24, 2.45) is 0 Å². The maximum atomic E-state index is 12.8. The van der Waals surface area contributed by atoms with Crippen LogP contribution >= 0.6 is 0 Å². The monoisotopic (exact) mass is 386 g/mol. The number of halogens is 3. The molecular formula is C20H17F3N4O. The first-order chi connectivity index (χ1) is 13.4. The van der Waals surface area contributed by atoms with Gasteiger partial charge in [0.05, 0.1) is 24.2 Å². The Morgan fingerprint density at radius 1 is 1.07 bits per heavy atom. The van der Waals surface area contributed by atoms with Crippen molar-refractivity contribution in [3.8, 4) is 11.3 Å². The van der Waals surface area contributed by atoms with E-state index >= 15 is 0 Å². The van der Waals surface area contributed by atoms with Crippen LogP contribution in [-0.4, -0.2) is 38.9 Å². The third kappa shape index (κ3) is 3.76. The molecule has 1 amide bonds. The number of rotatable bonds is 4. The van der Waals surface area contributed by atoms with Gasteiger partial charge in [0.2, 0.25) is 5.91 Å². The molecule has 1 aromatic heterocycles. The zero-order valence-electron chi connectivity index (χ0n) is 14.8. The molecule has 28 heavy (non-hydrogen) atoms. The van der Waals surface area contributed by atoms with Crippen molar-refractivity contribution in [2.45, 2.75) is 18.6 Å². The Morgan fingerprint density at radius 3 is 2.54 bits per heavy atom. The summed E-state index contributed by atoms with van der Waals surface area (Å²) in [6, 6.07) is 14.6. The fourth-order valence-electron chi connectivity index (χ4n) is 3.17. The predicted octanol–water partition coefficient (Wildman–Crippen LogP) is 3.59. The summed E-state index contributed by atoms with van der Waals surface area (Å²) in [5.74, 6) is -0.195. The Balaban J connectivity index is 1.35. The Morgan fingerprint density at radius 2 is 1.82 bits per heavy atom. The lowest BCUT2D eigenvalue weighted by Crippen LogP contribution is -2.51. The number of hydrogen-bond acceptors (Lipinski definition) is 3. The third-order valence-corrected chi connectivity index (χ3v) is 4.78. The van der Waals surface area contributed by atoms with Crippen molar-refractivity contribution in [1.29, 1.82) is 0 Å². The highest BCUT2D eigenvalue weighted by Crippen LogP contribution is 2.30. The van der Waals surface area contributed by atoms with E-state index in [4.69, 9.17) is 0 Å². The highest BCUT2D eigenvalue weighted by atomic mass is 19.4. The largest absolute Gasteiger partial charge is 0.416 e. The summed E-state index contributed by atoms with van der Waals surface area (Å²) in [6.45, 7) is 0.935. The number of hydrogen-bond donors (Lipinski definition) is 0. The molecule has 0 aliphatic carbocycles. The number of amides is 1. The van der Waals surface area contributed by atoms with Crippen LogP contribution in [0.1, 0.15) is 17.2 Å². The molecular weight excluding hydrogens is 369 g/mol. The minimum Gasteiger partial charge on any atom is -0.338 e. The van der Waals surface area contributed by atoms with Crippen molar-refractivity contribution >= 4 is 5.91 Å². The standard InChI is InChI=1S/C20H17F3N4O/c21-20(22,23)16-8-4-5-14(9-16)10-19(28)26-11-17(12-26)27-13-18(24-25-27)15-6-2-1-3-7-15/h1-9,13,17H,10-12H2. The van der Waals surface area contributed by atoms with E-state index in [1.807, 2.05) is 36.5 Å². The highest BCUT2D eigenvalue weighted by Gasteiger charge is 2.34. The fraction of sp³-hybridized carbons (Fsp3) is 0.250. The van der Waals surface area contributed by atoms with Gasteiger partial charge in [0, 0.05) is 18.7 Å². The van der Waals surface area contributed by atoms with Gasteiger partial charge in [-0.1, -0.05) is 53.7 Å². The number of nitrogens with zero attached hydrogens (tertiary/aromatic N) is 4. The van der Waals surface area contributed by atoms with Gasteiger partial charge in [-0.2, -0.15) is 13.2 Å². The summed E-state index contributed by atoms with van der Waals surface area (Å²) in [5, 5.41) is 8.30. The second-order valence-electron chi connectivity index (χ2n) is 6.78. The normalized spacial score (nSPS) is 14.8. The molecule has 2 aromatic carbocycles. The molecule has 0 unspecified atom stereocenters. The van der Waals surface area contributed by atoms with Gasteiger partial charge in [-0.25, -0.2) is 4.68 Å². The Bertz CT molecular complexity index is 978. The maximum Gasteiger partial charge on any atom is 0.416 e. The van der Waals surface area contributed by atoms with E-state index in [0.717, 1.165) is 23.4 Å². The maximum absolute atomic E-state index is 12.8. The summed E-state index contributed by atoms with van der Waals surface area (Å²) in [4.78, 5) is 14.0. The summed E-state index contributed by atoms with van der Waals surface area (Å²) >= 11 is 0. The number of alkyl halides is 3. The van der Waals surface area contributed by atoms with Crippen LogP contribution in [0.4, 0.5) is 13.2 Å². The molecule has 0 saturated carbocycles. The van der Waals surface area contributed by atoms with Crippen molar-refractivity contribution in [2.75, 3.05) is 13.1 Å². The first-order valence-corrected chi connectivity index (χ1v) is 8.81. The van der Waals surface area contributed by atoms with E-state index in [1.54, 1.807) is 9.58 Å². The second-order valence-corrected chi connectivity index (χ2v) is 6.78. The van der Waals surface area contributed by atoms with E-state index < -0.39 is 11.7 Å². The summed E-state index contributed by atoms with van der Waals surface area (Å²) in [7, 11) is 0. The quantitative estimate of drug-likeness (QED) is 0.689. The average molecular weight is 386 g/mol. The molecule has 144 valence electrons. The number of benzene rings is 2. The summed E-state index contributed by atoms with van der Waals surface area (Å²) in [5.41, 5.74) is 1.34. The van der Waals surface area contributed by atoms with Gasteiger partial charge in [0.15, 0.2) is 0 Å². The molecule has 0 N–H and O–H groups in total. The summed E-state index contributed by atoms with van der Waals surface area (Å²) < 4.78 is 40.1. The second kappa shape index (κ2) is 7.10. The van der Waals surface area contributed by atoms with Crippen LogP contribution in [-0.2, 0) is 17.4 Å². The Hall–Kier alpha value is -3.16. The minimum absolute atomic E-state index is 0.0235. The fourth-order valence-corrected chi connectivity index (χ4v) is 3.17. The van der Waals surface area contributed by atoms with Gasteiger partial charge < -0.3 is 4.90 Å². The van der Waals surface area contributed by atoms with Gasteiger partial charge >= 0.3 is 6.18 Å². The topological polar surface area (TPSA) is 51.0 Å². The zero-order valence-corrected chi connectivity index (χ0v) is 14.8. The van der Waals surface area contributed by atoms with Crippen LogP contribution in [0.2, 0.25) is 0 Å². The molecule has 0 radical (unpaired) electrons. The van der Waals surface area contributed by atoms with Gasteiger partial charge in [0.1, 0.15) is 5.69 Å². The lowest BCUT2D eigenvalue weighted by Gasteiger charge is -2.39. The highest BCUT2D eigenvalue weighted by molar-refractivity contribution is 5.79. The van der Waals surface area contributed by atoms with Gasteiger partial charge in [0.25, 0.3) is 0 Å². The van der Waals surface area contributed by atoms with Crippen LogP contribution in [0.15, 0.2) is 60.8 Å². The molecule has 5 nitrogen and oxygen atoms in total. The van der Waals surface area contributed by atoms with E-state index in [1.165, 1.54) is 12.1 Å².